The summed E-state index contributed by atoms with van der Waals surface area (Å²) in [6.45, 7) is 14.0. The maximum Gasteiger partial charge on any atom is 0.149 e. The van der Waals surface area contributed by atoms with Gasteiger partial charge in [-0.1, -0.05) is 26.5 Å². The second-order valence-electron chi connectivity index (χ2n) is 8.40. The van der Waals surface area contributed by atoms with Crippen molar-refractivity contribution in [2.75, 3.05) is 20.1 Å². The lowest BCUT2D eigenvalue weighted by molar-refractivity contribution is 0.273. The molecule has 1 aromatic carbocycles. The van der Waals surface area contributed by atoms with Gasteiger partial charge in [0.05, 0.1) is 5.69 Å². The van der Waals surface area contributed by atoms with Crippen LogP contribution in [0.5, 0.6) is 0 Å². The third kappa shape index (κ3) is 6.39. The smallest absolute Gasteiger partial charge is 0.149 e. The van der Waals surface area contributed by atoms with Gasteiger partial charge in [-0.2, -0.15) is 5.10 Å². The van der Waals surface area contributed by atoms with Crippen LogP contribution in [-0.4, -0.2) is 40.4 Å². The van der Waals surface area contributed by atoms with E-state index in [9.17, 15) is 4.39 Å². The average molecular weight is 412 g/mol. The third-order valence-corrected chi connectivity index (χ3v) is 5.14. The molecule has 0 bridgehead atoms. The lowest BCUT2D eigenvalue weighted by Gasteiger charge is -2.31. The summed E-state index contributed by atoms with van der Waals surface area (Å²) in [7, 11) is 1.96. The van der Waals surface area contributed by atoms with Crippen LogP contribution in [0.15, 0.2) is 49.2 Å². The fraction of sp³-hybridized carbons (Fsp3) is 0.417. The minimum Gasteiger partial charge on any atom is -0.376 e. The highest BCUT2D eigenvalue weighted by molar-refractivity contribution is 5.59. The van der Waals surface area contributed by atoms with E-state index in [1.54, 1.807) is 16.8 Å². The van der Waals surface area contributed by atoms with E-state index in [2.05, 4.69) is 49.6 Å². The van der Waals surface area contributed by atoms with E-state index in [4.69, 9.17) is 5.41 Å². The minimum absolute atomic E-state index is 0.00177. The van der Waals surface area contributed by atoms with Crippen LogP contribution < -0.4 is 10.8 Å². The van der Waals surface area contributed by atoms with Gasteiger partial charge in [-0.3, -0.25) is 5.41 Å². The van der Waals surface area contributed by atoms with Crippen molar-refractivity contribution in [2.24, 2.45) is 0 Å². The van der Waals surface area contributed by atoms with Crippen LogP contribution in [0.2, 0.25) is 0 Å². The Labute approximate surface area is 179 Å². The first-order valence-electron chi connectivity index (χ1n) is 10.3. The molecule has 162 valence electrons. The van der Waals surface area contributed by atoms with Crippen LogP contribution in [0.1, 0.15) is 45.6 Å². The molecule has 2 aromatic rings. The molecule has 1 aromatic heterocycles. The van der Waals surface area contributed by atoms with Gasteiger partial charge in [0.15, 0.2) is 0 Å². The molecule has 30 heavy (non-hydrogen) atoms. The van der Waals surface area contributed by atoms with Gasteiger partial charge in [-0.05, 0) is 69.8 Å². The molecule has 2 rings (SSSR count). The highest BCUT2D eigenvalue weighted by Crippen LogP contribution is 2.20. The van der Waals surface area contributed by atoms with E-state index < -0.39 is 0 Å². The molecule has 5 nitrogen and oxygen atoms in total. The first-order valence-corrected chi connectivity index (χ1v) is 10.3. The Bertz CT molecular complexity index is 926. The number of halogens is 1. The monoisotopic (exact) mass is 411 g/mol. The highest BCUT2D eigenvalue weighted by Gasteiger charge is 2.17. The van der Waals surface area contributed by atoms with Crippen molar-refractivity contribution in [1.82, 2.24) is 20.0 Å². The topological polar surface area (TPSA) is 56.9 Å². The maximum absolute atomic E-state index is 13.3. The predicted octanol–water partition coefficient (Wildman–Crippen LogP) is 4.60. The Morgan fingerprint density at radius 2 is 1.97 bits per heavy atom. The summed E-state index contributed by atoms with van der Waals surface area (Å²) in [5.74, 6) is -0.0969. The number of likely N-dealkylation sites (N-methyl/N-ethyl adjacent to an activating group) is 1. The van der Waals surface area contributed by atoms with Gasteiger partial charge >= 0.3 is 0 Å². The first-order chi connectivity index (χ1) is 14.2. The van der Waals surface area contributed by atoms with Crippen LogP contribution in [0.4, 0.5) is 4.39 Å². The highest BCUT2D eigenvalue weighted by atomic mass is 19.1. The van der Waals surface area contributed by atoms with Crippen molar-refractivity contribution in [2.45, 2.75) is 45.6 Å². The van der Waals surface area contributed by atoms with Gasteiger partial charge < -0.3 is 10.2 Å². The number of benzene rings is 1. The number of nitrogens with zero attached hydrogens (tertiary/aromatic N) is 3. The summed E-state index contributed by atoms with van der Waals surface area (Å²) in [6.07, 6.45) is 6.52. The summed E-state index contributed by atoms with van der Waals surface area (Å²) >= 11 is 0. The zero-order valence-corrected chi connectivity index (χ0v) is 18.7. The van der Waals surface area contributed by atoms with Gasteiger partial charge in [0.2, 0.25) is 0 Å². The molecule has 0 aliphatic heterocycles. The molecule has 2 N–H and O–H groups in total. The van der Waals surface area contributed by atoms with Crippen LogP contribution in [0.3, 0.4) is 0 Å². The molecule has 1 heterocycles. The molecule has 0 unspecified atom stereocenters. The van der Waals surface area contributed by atoms with Crippen molar-refractivity contribution in [3.8, 4) is 11.3 Å². The van der Waals surface area contributed by atoms with Crippen molar-refractivity contribution in [3.05, 3.63) is 66.1 Å². The number of hydrogen-bond acceptors (Lipinski definition) is 4. The SMILES string of the molecule is C=CN(CC/C=C/n1nc(-c2ccc(F)cc2)cc(C(C)C)c1=N)CC(C)(C)NC. The van der Waals surface area contributed by atoms with Gasteiger partial charge in [0.1, 0.15) is 11.3 Å². The minimum atomic E-state index is -0.277. The van der Waals surface area contributed by atoms with Crippen molar-refractivity contribution < 1.29 is 4.39 Å². The van der Waals surface area contributed by atoms with Gasteiger partial charge in [0, 0.05) is 36.0 Å². The quantitative estimate of drug-likeness (QED) is 0.601. The predicted molar refractivity (Wildman–Crippen MR) is 122 cm³/mol. The molecule has 0 aliphatic carbocycles. The molecule has 0 atom stereocenters. The van der Waals surface area contributed by atoms with Gasteiger partial charge in [-0.25, -0.2) is 9.07 Å². The molecule has 0 spiro atoms. The summed E-state index contributed by atoms with van der Waals surface area (Å²) in [5.41, 5.74) is 2.81. The van der Waals surface area contributed by atoms with E-state index in [1.165, 1.54) is 12.1 Å². The van der Waals surface area contributed by atoms with Gasteiger partial charge in [0.25, 0.3) is 0 Å². The molecular formula is C24H34FN5. The van der Waals surface area contributed by atoms with Gasteiger partial charge in [-0.15, -0.1) is 0 Å². The molecule has 6 heteroatoms. The van der Waals surface area contributed by atoms with Crippen LogP contribution in [-0.2, 0) is 0 Å². The Morgan fingerprint density at radius 3 is 2.53 bits per heavy atom. The Hall–Kier alpha value is -2.73. The zero-order valence-electron chi connectivity index (χ0n) is 18.7. The fourth-order valence-electron chi connectivity index (χ4n) is 3.09. The second-order valence-corrected chi connectivity index (χ2v) is 8.40. The fourth-order valence-corrected chi connectivity index (χ4v) is 3.09. The lowest BCUT2D eigenvalue weighted by Crippen LogP contribution is -2.46. The summed E-state index contributed by atoms with van der Waals surface area (Å²) in [4.78, 5) is 2.18. The summed E-state index contributed by atoms with van der Waals surface area (Å²) in [5, 5.41) is 16.4. The number of nitrogens with one attached hydrogen (secondary N) is 2. The second kappa shape index (κ2) is 10.3. The Morgan fingerprint density at radius 1 is 1.30 bits per heavy atom. The standard InChI is InChI=1S/C24H34FN5/c1-7-29(17-24(4,5)27-6)14-8-9-15-30-23(26)21(18(2)3)16-22(28-30)19-10-12-20(25)13-11-19/h7,9-13,15-16,18,26-27H,1,8,14,17H2,2-6H3/b15-9+,26-23?. The molecule has 0 fully saturated rings. The maximum atomic E-state index is 13.3. The Kier molecular flexibility index (Phi) is 8.12. The zero-order chi connectivity index (χ0) is 22.3. The first kappa shape index (κ1) is 23.5. The van der Waals surface area contributed by atoms with Crippen LogP contribution >= 0.6 is 0 Å². The van der Waals surface area contributed by atoms with E-state index in [0.717, 1.165) is 36.3 Å². The van der Waals surface area contributed by atoms with E-state index in [0.29, 0.717) is 5.49 Å². The molecule has 0 radical (unpaired) electrons. The largest absolute Gasteiger partial charge is 0.376 e. The molecular weight excluding hydrogens is 377 g/mol. The summed E-state index contributed by atoms with van der Waals surface area (Å²) in [6, 6.07) is 8.20. The van der Waals surface area contributed by atoms with Crippen molar-refractivity contribution >= 4 is 6.20 Å². The lowest BCUT2D eigenvalue weighted by atomic mass is 10.0. The van der Waals surface area contributed by atoms with E-state index >= 15 is 0 Å². The van der Waals surface area contributed by atoms with Crippen LogP contribution in [0.25, 0.3) is 17.5 Å². The normalized spacial score (nSPS) is 12.0. The molecule has 0 saturated carbocycles. The number of hydrogen-bond donors (Lipinski definition) is 2. The average Bonchev–Trinajstić information content (AvgIpc) is 2.71. The third-order valence-electron chi connectivity index (χ3n) is 5.14. The molecule has 0 saturated heterocycles. The van der Waals surface area contributed by atoms with E-state index in [1.807, 2.05) is 31.6 Å². The van der Waals surface area contributed by atoms with Crippen molar-refractivity contribution in [3.63, 3.8) is 0 Å². The number of aromatic nitrogens is 2. The van der Waals surface area contributed by atoms with E-state index in [-0.39, 0.29) is 17.3 Å². The van der Waals surface area contributed by atoms with Crippen molar-refractivity contribution in [1.29, 1.82) is 5.41 Å². The molecule has 0 amide bonds. The van der Waals surface area contributed by atoms with Crippen LogP contribution in [0, 0.1) is 11.2 Å². The Balaban J connectivity index is 2.22. The number of rotatable bonds is 10. The summed E-state index contributed by atoms with van der Waals surface area (Å²) < 4.78 is 14.9. The molecule has 0 aliphatic rings.